The highest BCUT2D eigenvalue weighted by atomic mass is 19.1. The van der Waals surface area contributed by atoms with Gasteiger partial charge >= 0.3 is 0 Å². The van der Waals surface area contributed by atoms with Gasteiger partial charge in [-0.05, 0) is 24.6 Å². The maximum absolute atomic E-state index is 13.5. The number of alkyl halides is 1. The van der Waals surface area contributed by atoms with Gasteiger partial charge < -0.3 is 10.3 Å². The van der Waals surface area contributed by atoms with E-state index in [1.165, 1.54) is 12.1 Å². The Labute approximate surface area is 90.9 Å². The zero-order chi connectivity index (χ0) is 11.7. The van der Waals surface area contributed by atoms with Gasteiger partial charge in [0.1, 0.15) is 12.5 Å². The molecule has 0 amide bonds. The quantitative estimate of drug-likeness (QED) is 0.853. The molecule has 84 valence electrons. The molecule has 1 aromatic carbocycles. The van der Waals surface area contributed by atoms with Crippen molar-refractivity contribution in [3.05, 3.63) is 35.1 Å². The van der Waals surface area contributed by atoms with Crippen LogP contribution < -0.4 is 5.73 Å². The highest BCUT2D eigenvalue weighted by molar-refractivity contribution is 5.61. The maximum atomic E-state index is 13.5. The van der Waals surface area contributed by atoms with Crippen molar-refractivity contribution < 1.29 is 13.3 Å². The molecule has 1 heterocycles. The third kappa shape index (κ3) is 1.76. The molecule has 2 N–H and O–H groups in total. The van der Waals surface area contributed by atoms with Crippen LogP contribution in [-0.4, -0.2) is 5.16 Å². The van der Waals surface area contributed by atoms with Crippen LogP contribution in [-0.2, 0) is 6.67 Å². The molecule has 0 radical (unpaired) electrons. The van der Waals surface area contributed by atoms with Gasteiger partial charge in [0, 0.05) is 17.2 Å². The average Bonchev–Trinajstić information content (AvgIpc) is 2.64. The lowest BCUT2D eigenvalue weighted by atomic mass is 10.0. The molecule has 0 spiro atoms. The van der Waals surface area contributed by atoms with Crippen LogP contribution in [0.3, 0.4) is 0 Å². The summed E-state index contributed by atoms with van der Waals surface area (Å²) in [4.78, 5) is 0. The van der Waals surface area contributed by atoms with Crippen molar-refractivity contribution in [1.29, 1.82) is 0 Å². The first-order valence-electron chi connectivity index (χ1n) is 4.69. The number of halogens is 2. The second-order valence-corrected chi connectivity index (χ2v) is 3.50. The highest BCUT2D eigenvalue weighted by Crippen LogP contribution is 2.26. The molecule has 0 atom stereocenters. The monoisotopic (exact) mass is 224 g/mol. The molecule has 0 aliphatic rings. The minimum absolute atomic E-state index is 0.0660. The summed E-state index contributed by atoms with van der Waals surface area (Å²) in [6.45, 7) is 0.817. The number of rotatable bonds is 2. The topological polar surface area (TPSA) is 52.0 Å². The summed E-state index contributed by atoms with van der Waals surface area (Å²) < 4.78 is 30.9. The molecule has 2 aromatic rings. The lowest BCUT2D eigenvalue weighted by molar-refractivity contribution is 0.434. The van der Waals surface area contributed by atoms with Gasteiger partial charge in [-0.2, -0.15) is 0 Å². The number of aromatic nitrogens is 1. The molecule has 5 heteroatoms. The number of nitrogens with two attached hydrogens (primary N) is 1. The molecule has 0 aliphatic heterocycles. The molecule has 0 aliphatic carbocycles. The summed E-state index contributed by atoms with van der Waals surface area (Å²) in [5.74, 6) is 0.00000821. The smallest absolute Gasteiger partial charge is 0.169 e. The van der Waals surface area contributed by atoms with Gasteiger partial charge in [0.25, 0.3) is 0 Å². The largest absolute Gasteiger partial charge is 0.381 e. The van der Waals surface area contributed by atoms with Crippen molar-refractivity contribution in [3.8, 4) is 11.3 Å². The molecule has 2 rings (SSSR count). The van der Waals surface area contributed by atoms with Crippen LogP contribution in [0.2, 0.25) is 0 Å². The van der Waals surface area contributed by atoms with Crippen LogP contribution in [0.15, 0.2) is 22.7 Å². The van der Waals surface area contributed by atoms with Crippen molar-refractivity contribution >= 4 is 5.82 Å². The number of hydrogen-bond acceptors (Lipinski definition) is 3. The van der Waals surface area contributed by atoms with Gasteiger partial charge in [0.05, 0.1) is 0 Å². The molecular formula is C11H10F2N2O. The lowest BCUT2D eigenvalue weighted by Crippen LogP contribution is -1.92. The van der Waals surface area contributed by atoms with Gasteiger partial charge in [0.15, 0.2) is 11.6 Å². The van der Waals surface area contributed by atoms with Crippen molar-refractivity contribution in [1.82, 2.24) is 5.16 Å². The van der Waals surface area contributed by atoms with Crippen LogP contribution in [0.4, 0.5) is 14.6 Å². The Morgan fingerprint density at radius 1 is 1.38 bits per heavy atom. The third-order valence-electron chi connectivity index (χ3n) is 2.37. The van der Waals surface area contributed by atoms with E-state index in [4.69, 9.17) is 10.3 Å². The SMILES string of the molecule is Cc1cc(-c2cc(N)no2)cc(F)c1CF. The van der Waals surface area contributed by atoms with Crippen LogP contribution in [0.1, 0.15) is 11.1 Å². The summed E-state index contributed by atoms with van der Waals surface area (Å²) in [5.41, 5.74) is 6.49. The van der Waals surface area contributed by atoms with Crippen LogP contribution in [0.25, 0.3) is 11.3 Å². The van der Waals surface area contributed by atoms with Gasteiger partial charge in [-0.25, -0.2) is 8.78 Å². The van der Waals surface area contributed by atoms with Crippen LogP contribution >= 0.6 is 0 Å². The first-order chi connectivity index (χ1) is 7.61. The number of nitrogen functional groups attached to an aromatic ring is 1. The highest BCUT2D eigenvalue weighted by Gasteiger charge is 2.11. The first-order valence-corrected chi connectivity index (χ1v) is 4.69. The van der Waals surface area contributed by atoms with E-state index in [1.54, 1.807) is 13.0 Å². The van der Waals surface area contributed by atoms with Gasteiger partial charge in [-0.3, -0.25) is 0 Å². The molecular weight excluding hydrogens is 214 g/mol. The Balaban J connectivity index is 2.52. The Morgan fingerprint density at radius 3 is 2.62 bits per heavy atom. The first kappa shape index (κ1) is 10.6. The fourth-order valence-corrected chi connectivity index (χ4v) is 1.51. The lowest BCUT2D eigenvalue weighted by Gasteiger charge is -2.05. The number of nitrogens with zero attached hydrogens (tertiary/aromatic N) is 1. The predicted octanol–water partition coefficient (Wildman–Crippen LogP) is 2.84. The molecule has 0 unspecified atom stereocenters. The summed E-state index contributed by atoms with van der Waals surface area (Å²) in [7, 11) is 0. The molecule has 0 saturated carbocycles. The number of benzene rings is 1. The number of hydrogen-bond donors (Lipinski definition) is 1. The molecule has 1 aromatic heterocycles. The second kappa shape index (κ2) is 3.92. The number of anilines is 1. The Bertz CT molecular complexity index is 499. The Hall–Kier alpha value is -1.91. The zero-order valence-electron chi connectivity index (χ0n) is 8.63. The minimum atomic E-state index is -0.823. The van der Waals surface area contributed by atoms with Crippen molar-refractivity contribution in [2.75, 3.05) is 5.73 Å². The van der Waals surface area contributed by atoms with Gasteiger partial charge in [0.2, 0.25) is 0 Å². The summed E-state index contributed by atoms with van der Waals surface area (Å²) in [5, 5.41) is 3.50. The van der Waals surface area contributed by atoms with Crippen LogP contribution in [0, 0.1) is 12.7 Å². The fourth-order valence-electron chi connectivity index (χ4n) is 1.51. The summed E-state index contributed by atoms with van der Waals surface area (Å²) in [6.07, 6.45) is 0. The third-order valence-corrected chi connectivity index (χ3v) is 2.37. The predicted molar refractivity (Wildman–Crippen MR) is 55.9 cm³/mol. The normalized spacial score (nSPS) is 10.7. The molecule has 0 bridgehead atoms. The van der Waals surface area contributed by atoms with E-state index in [0.717, 1.165) is 0 Å². The van der Waals surface area contributed by atoms with Crippen molar-refractivity contribution in [2.45, 2.75) is 13.6 Å². The average molecular weight is 224 g/mol. The molecule has 0 fully saturated rings. The molecule has 3 nitrogen and oxygen atoms in total. The van der Waals surface area contributed by atoms with Gasteiger partial charge in [-0.1, -0.05) is 5.16 Å². The maximum Gasteiger partial charge on any atom is 0.169 e. The van der Waals surface area contributed by atoms with E-state index >= 15 is 0 Å². The second-order valence-electron chi connectivity index (χ2n) is 3.50. The Kier molecular flexibility index (Phi) is 2.60. The molecule has 16 heavy (non-hydrogen) atoms. The molecule has 0 saturated heterocycles. The van der Waals surface area contributed by atoms with Crippen molar-refractivity contribution in [3.63, 3.8) is 0 Å². The van der Waals surface area contributed by atoms with Crippen molar-refractivity contribution in [2.24, 2.45) is 0 Å². The minimum Gasteiger partial charge on any atom is -0.381 e. The van der Waals surface area contributed by atoms with E-state index < -0.39 is 12.5 Å². The van der Waals surface area contributed by atoms with E-state index in [-0.39, 0.29) is 11.4 Å². The van der Waals surface area contributed by atoms with E-state index in [1.807, 2.05) is 0 Å². The standard InChI is InChI=1S/C11H10F2N2O/c1-6-2-7(3-9(13)8(6)5-12)10-4-11(14)15-16-10/h2-4H,5H2,1H3,(H2,14,15). The van der Waals surface area contributed by atoms with E-state index in [9.17, 15) is 8.78 Å². The summed E-state index contributed by atoms with van der Waals surface area (Å²) in [6, 6.07) is 4.34. The Morgan fingerprint density at radius 2 is 2.12 bits per heavy atom. The van der Waals surface area contributed by atoms with Gasteiger partial charge in [-0.15, -0.1) is 0 Å². The number of aryl methyl sites for hydroxylation is 1. The van der Waals surface area contributed by atoms with E-state index in [2.05, 4.69) is 5.16 Å². The zero-order valence-corrected chi connectivity index (χ0v) is 8.63. The van der Waals surface area contributed by atoms with Crippen LogP contribution in [0.5, 0.6) is 0 Å². The fraction of sp³-hybridized carbons (Fsp3) is 0.182. The van der Waals surface area contributed by atoms with E-state index in [0.29, 0.717) is 16.9 Å². The summed E-state index contributed by atoms with van der Waals surface area (Å²) >= 11 is 0.